The summed E-state index contributed by atoms with van der Waals surface area (Å²) in [4.78, 5) is 22.7. The molecule has 0 unspecified atom stereocenters. The fourth-order valence-electron chi connectivity index (χ4n) is 1.71. The Balaban J connectivity index is 1.60. The normalized spacial score (nSPS) is 13.4. The van der Waals surface area contributed by atoms with Crippen LogP contribution in [-0.2, 0) is 14.3 Å². The molecule has 0 aliphatic heterocycles. The van der Waals surface area contributed by atoms with Gasteiger partial charge in [-0.25, -0.2) is 0 Å². The number of hydrogen-bond donors (Lipinski definition) is 1. The van der Waals surface area contributed by atoms with Crippen molar-refractivity contribution >= 4 is 11.9 Å². The average molecular weight is 293 g/mol. The summed E-state index contributed by atoms with van der Waals surface area (Å²) in [5, 5.41) is 2.62. The maximum atomic E-state index is 11.5. The number of rotatable bonds is 8. The van der Waals surface area contributed by atoms with Gasteiger partial charge in [-0.05, 0) is 25.0 Å². The summed E-state index contributed by atoms with van der Waals surface area (Å²) in [6.45, 7) is 0.407. The Morgan fingerprint density at radius 2 is 1.95 bits per heavy atom. The predicted molar refractivity (Wildman–Crippen MR) is 75.2 cm³/mol. The molecule has 1 saturated carbocycles. The van der Waals surface area contributed by atoms with Crippen LogP contribution >= 0.6 is 0 Å². The quantitative estimate of drug-likeness (QED) is 0.575. The number of nitrogens with one attached hydrogen (secondary N) is 1. The minimum absolute atomic E-state index is 0.00618. The van der Waals surface area contributed by atoms with E-state index in [1.807, 2.05) is 12.1 Å². The number of benzene rings is 1. The van der Waals surface area contributed by atoms with Gasteiger partial charge in [-0.2, -0.15) is 0 Å². The van der Waals surface area contributed by atoms with Gasteiger partial charge >= 0.3 is 5.97 Å². The van der Waals surface area contributed by atoms with Gasteiger partial charge in [-0.1, -0.05) is 12.1 Å². The first-order valence-electron chi connectivity index (χ1n) is 6.90. The van der Waals surface area contributed by atoms with E-state index < -0.39 is 0 Å². The van der Waals surface area contributed by atoms with E-state index in [9.17, 15) is 9.59 Å². The molecule has 0 heterocycles. The standard InChI is InChI=1S/C15H19NO5/c1-19-12-4-2-3-5-13(12)20-9-8-16-14(17)10-21-15(18)11-6-7-11/h2-5,11H,6-10H2,1H3,(H,16,17). The third-order valence-electron chi connectivity index (χ3n) is 3.01. The van der Waals surface area contributed by atoms with E-state index in [-0.39, 0.29) is 24.4 Å². The van der Waals surface area contributed by atoms with E-state index in [4.69, 9.17) is 14.2 Å². The van der Waals surface area contributed by atoms with Gasteiger partial charge in [-0.15, -0.1) is 0 Å². The van der Waals surface area contributed by atoms with Gasteiger partial charge < -0.3 is 19.5 Å². The molecule has 1 aromatic rings. The van der Waals surface area contributed by atoms with Gasteiger partial charge in [-0.3, -0.25) is 9.59 Å². The van der Waals surface area contributed by atoms with E-state index >= 15 is 0 Å². The fraction of sp³-hybridized carbons (Fsp3) is 0.467. The van der Waals surface area contributed by atoms with Gasteiger partial charge in [0.1, 0.15) is 6.61 Å². The van der Waals surface area contributed by atoms with Crippen molar-refractivity contribution in [3.8, 4) is 11.5 Å². The molecule has 0 spiro atoms. The maximum Gasteiger partial charge on any atom is 0.309 e. The molecule has 0 aromatic heterocycles. The lowest BCUT2D eigenvalue weighted by atomic mass is 10.3. The highest BCUT2D eigenvalue weighted by Crippen LogP contribution is 2.29. The number of para-hydroxylation sites is 2. The Kier molecular flexibility index (Phi) is 5.43. The van der Waals surface area contributed by atoms with Crippen LogP contribution in [0.5, 0.6) is 11.5 Å². The largest absolute Gasteiger partial charge is 0.493 e. The van der Waals surface area contributed by atoms with Crippen molar-refractivity contribution in [3.63, 3.8) is 0 Å². The first-order chi connectivity index (χ1) is 10.2. The minimum Gasteiger partial charge on any atom is -0.493 e. The Labute approximate surface area is 123 Å². The molecular formula is C15H19NO5. The van der Waals surface area contributed by atoms with Crippen molar-refractivity contribution in [2.24, 2.45) is 5.92 Å². The Morgan fingerprint density at radius 1 is 1.24 bits per heavy atom. The maximum absolute atomic E-state index is 11.5. The lowest BCUT2D eigenvalue weighted by Crippen LogP contribution is -2.32. The zero-order valence-corrected chi connectivity index (χ0v) is 12.0. The van der Waals surface area contributed by atoms with Crippen molar-refractivity contribution in [1.29, 1.82) is 0 Å². The van der Waals surface area contributed by atoms with Crippen molar-refractivity contribution in [3.05, 3.63) is 24.3 Å². The zero-order valence-electron chi connectivity index (χ0n) is 12.0. The smallest absolute Gasteiger partial charge is 0.309 e. The molecule has 0 bridgehead atoms. The fourth-order valence-corrected chi connectivity index (χ4v) is 1.71. The topological polar surface area (TPSA) is 73.9 Å². The van der Waals surface area contributed by atoms with E-state index in [0.29, 0.717) is 24.7 Å². The van der Waals surface area contributed by atoms with Gasteiger partial charge in [0, 0.05) is 0 Å². The summed E-state index contributed by atoms with van der Waals surface area (Å²) in [6, 6.07) is 7.28. The average Bonchev–Trinajstić information content (AvgIpc) is 3.34. The van der Waals surface area contributed by atoms with Crippen LogP contribution in [0.15, 0.2) is 24.3 Å². The van der Waals surface area contributed by atoms with E-state index in [0.717, 1.165) is 12.8 Å². The van der Waals surface area contributed by atoms with Gasteiger partial charge in [0.05, 0.1) is 19.6 Å². The molecule has 0 radical (unpaired) electrons. The molecule has 1 aliphatic rings. The second-order valence-electron chi connectivity index (χ2n) is 4.73. The lowest BCUT2D eigenvalue weighted by Gasteiger charge is -2.11. The number of carbonyl (C=O) groups excluding carboxylic acids is 2. The Morgan fingerprint density at radius 3 is 2.62 bits per heavy atom. The highest BCUT2D eigenvalue weighted by atomic mass is 16.5. The number of amides is 1. The Hall–Kier alpha value is -2.24. The number of esters is 1. The van der Waals surface area contributed by atoms with Gasteiger partial charge in [0.15, 0.2) is 18.1 Å². The van der Waals surface area contributed by atoms with E-state index in [1.165, 1.54) is 0 Å². The van der Waals surface area contributed by atoms with E-state index in [2.05, 4.69) is 5.32 Å². The summed E-state index contributed by atoms with van der Waals surface area (Å²) in [5.41, 5.74) is 0. The number of ether oxygens (including phenoxy) is 3. The van der Waals surface area contributed by atoms with Crippen LogP contribution in [0, 0.1) is 5.92 Å². The van der Waals surface area contributed by atoms with Crippen LogP contribution < -0.4 is 14.8 Å². The molecule has 1 aliphatic carbocycles. The van der Waals surface area contributed by atoms with E-state index in [1.54, 1.807) is 19.2 Å². The molecule has 2 rings (SSSR count). The van der Waals surface area contributed by atoms with Crippen LogP contribution in [0.25, 0.3) is 0 Å². The lowest BCUT2D eigenvalue weighted by molar-refractivity contribution is -0.149. The summed E-state index contributed by atoms with van der Waals surface area (Å²) in [5.74, 6) is 0.659. The molecule has 0 saturated heterocycles. The van der Waals surface area contributed by atoms with Gasteiger partial charge in [0.25, 0.3) is 5.91 Å². The third-order valence-corrected chi connectivity index (χ3v) is 3.01. The summed E-state index contributed by atoms with van der Waals surface area (Å²) in [7, 11) is 1.57. The van der Waals surface area contributed by atoms with Crippen LogP contribution in [0.2, 0.25) is 0 Å². The molecular weight excluding hydrogens is 274 g/mol. The molecule has 6 nitrogen and oxygen atoms in total. The summed E-state index contributed by atoms with van der Waals surface area (Å²) < 4.78 is 15.5. The number of carbonyl (C=O) groups is 2. The minimum atomic E-state index is -0.326. The van der Waals surface area contributed by atoms with Crippen molar-refractivity contribution < 1.29 is 23.8 Å². The van der Waals surface area contributed by atoms with Crippen LogP contribution in [0.4, 0.5) is 0 Å². The zero-order chi connectivity index (χ0) is 15.1. The molecule has 1 N–H and O–H groups in total. The van der Waals surface area contributed by atoms with Crippen LogP contribution in [0.3, 0.4) is 0 Å². The second-order valence-corrected chi connectivity index (χ2v) is 4.73. The third kappa shape index (κ3) is 4.98. The van der Waals surface area contributed by atoms with Crippen molar-refractivity contribution in [2.75, 3.05) is 26.9 Å². The molecule has 1 amide bonds. The van der Waals surface area contributed by atoms with Crippen molar-refractivity contribution in [1.82, 2.24) is 5.32 Å². The molecule has 1 fully saturated rings. The Bertz CT molecular complexity index is 499. The van der Waals surface area contributed by atoms with Crippen LogP contribution in [0.1, 0.15) is 12.8 Å². The SMILES string of the molecule is COc1ccccc1OCCNC(=O)COC(=O)C1CC1. The highest BCUT2D eigenvalue weighted by molar-refractivity contribution is 5.81. The molecule has 0 atom stereocenters. The highest BCUT2D eigenvalue weighted by Gasteiger charge is 2.31. The predicted octanol–water partition coefficient (Wildman–Crippen LogP) is 1.14. The van der Waals surface area contributed by atoms with Gasteiger partial charge in [0.2, 0.25) is 0 Å². The summed E-state index contributed by atoms with van der Waals surface area (Å²) >= 11 is 0. The molecule has 21 heavy (non-hydrogen) atoms. The monoisotopic (exact) mass is 293 g/mol. The first kappa shape index (κ1) is 15.2. The summed E-state index contributed by atoms with van der Waals surface area (Å²) in [6.07, 6.45) is 1.74. The number of methoxy groups -OCH3 is 1. The first-order valence-corrected chi connectivity index (χ1v) is 6.90. The molecule has 6 heteroatoms. The molecule has 1 aromatic carbocycles. The number of hydrogen-bond acceptors (Lipinski definition) is 5. The molecule has 114 valence electrons. The second kappa shape index (κ2) is 7.52. The van der Waals surface area contributed by atoms with Crippen LogP contribution in [-0.4, -0.2) is 38.7 Å². The van der Waals surface area contributed by atoms with Crippen molar-refractivity contribution in [2.45, 2.75) is 12.8 Å².